The van der Waals surface area contributed by atoms with Gasteiger partial charge < -0.3 is 10.3 Å². The lowest BCUT2D eigenvalue weighted by Gasteiger charge is -2.14. The second-order valence-electron chi connectivity index (χ2n) is 6.71. The molecule has 0 fully saturated rings. The van der Waals surface area contributed by atoms with Crippen molar-refractivity contribution in [1.82, 2.24) is 9.97 Å². The van der Waals surface area contributed by atoms with Crippen molar-refractivity contribution in [2.45, 2.75) is 40.5 Å². The molecular formula is C21H20ClN3O4S2. The van der Waals surface area contributed by atoms with Gasteiger partial charge in [-0.3, -0.25) is 9.59 Å². The van der Waals surface area contributed by atoms with Crippen molar-refractivity contribution < 1.29 is 13.2 Å². The van der Waals surface area contributed by atoms with Crippen LogP contribution in [-0.2, 0) is 14.6 Å². The molecule has 0 spiro atoms. The van der Waals surface area contributed by atoms with E-state index < -0.39 is 25.5 Å². The highest BCUT2D eigenvalue weighted by Crippen LogP contribution is 2.24. The highest BCUT2D eigenvalue weighted by molar-refractivity contribution is 8.00. The molecule has 10 heteroatoms. The Morgan fingerprint density at radius 1 is 1.16 bits per heavy atom. The zero-order chi connectivity index (χ0) is 22.6. The van der Waals surface area contributed by atoms with Gasteiger partial charge in [-0.2, -0.15) is 0 Å². The van der Waals surface area contributed by atoms with Gasteiger partial charge in [0.1, 0.15) is 0 Å². The third kappa shape index (κ3) is 5.55. The van der Waals surface area contributed by atoms with Gasteiger partial charge in [0.2, 0.25) is 15.7 Å². The number of nitrogens with one attached hydrogen (secondary N) is 2. The number of hydrogen-bond donors (Lipinski definition) is 2. The van der Waals surface area contributed by atoms with Crippen LogP contribution < -0.4 is 10.9 Å². The number of nitrogens with zero attached hydrogens (tertiary/aromatic N) is 1. The number of sulfone groups is 1. The van der Waals surface area contributed by atoms with Crippen LogP contribution in [-0.4, -0.2) is 29.5 Å². The first-order chi connectivity index (χ1) is 14.7. The van der Waals surface area contributed by atoms with E-state index >= 15 is 0 Å². The molecule has 3 aromatic rings. The number of halogens is 1. The highest BCUT2D eigenvalue weighted by Gasteiger charge is 2.24. The predicted octanol–water partition coefficient (Wildman–Crippen LogP) is 4.07. The predicted molar refractivity (Wildman–Crippen MR) is 122 cm³/mol. The molecule has 0 bridgehead atoms. The summed E-state index contributed by atoms with van der Waals surface area (Å²) in [5, 5.41) is 2.85. The van der Waals surface area contributed by atoms with Gasteiger partial charge in [-0.1, -0.05) is 48.0 Å². The number of H-pyrrole nitrogens is 1. The first-order valence-electron chi connectivity index (χ1n) is 9.35. The molecule has 1 atom stereocenters. The number of aromatic nitrogens is 2. The van der Waals surface area contributed by atoms with E-state index in [0.717, 1.165) is 23.5 Å². The van der Waals surface area contributed by atoms with E-state index in [-0.39, 0.29) is 16.0 Å². The number of carbonyl (C=O) groups is 1. The minimum Gasteiger partial charge on any atom is -0.325 e. The molecule has 2 aromatic carbocycles. The second-order valence-corrected chi connectivity index (χ2v) is 10.3. The molecule has 1 amide bonds. The summed E-state index contributed by atoms with van der Waals surface area (Å²) < 4.78 is 25.4. The minimum absolute atomic E-state index is 0.0616. The number of aryl methyl sites for hydroxylation is 1. The number of thioether (sulfide) groups is 1. The van der Waals surface area contributed by atoms with Crippen LogP contribution in [0.25, 0.3) is 0 Å². The fourth-order valence-corrected chi connectivity index (χ4v) is 4.90. The normalized spacial score (nSPS) is 12.4. The maximum Gasteiger partial charge on any atom is 0.270 e. The van der Waals surface area contributed by atoms with Crippen molar-refractivity contribution in [3.05, 3.63) is 75.7 Å². The fraction of sp³-hybridized carbons (Fsp3) is 0.190. The molecule has 0 saturated heterocycles. The van der Waals surface area contributed by atoms with E-state index in [1.165, 1.54) is 24.3 Å². The van der Waals surface area contributed by atoms with E-state index in [1.807, 2.05) is 26.0 Å². The van der Waals surface area contributed by atoms with Crippen molar-refractivity contribution in [3.63, 3.8) is 0 Å². The van der Waals surface area contributed by atoms with Crippen molar-refractivity contribution in [1.29, 1.82) is 0 Å². The van der Waals surface area contributed by atoms with Crippen LogP contribution in [0.5, 0.6) is 0 Å². The van der Waals surface area contributed by atoms with Crippen LogP contribution in [0, 0.1) is 6.92 Å². The van der Waals surface area contributed by atoms with Crippen LogP contribution in [0.3, 0.4) is 0 Å². The monoisotopic (exact) mass is 477 g/mol. The molecule has 3 rings (SSSR count). The maximum absolute atomic E-state index is 12.7. The standard InChI is InChI=1S/C21H20ClN3O4S2/c1-3-17(19(26)24-15-8-4-13(2)5-9-15)30-21-23-12-18(20(27)25-21)31(28,29)16-10-6-14(22)7-11-16/h4-12,17H,3H2,1-2H3,(H,24,26)(H,23,25,27). The summed E-state index contributed by atoms with van der Waals surface area (Å²) >= 11 is 6.85. The Bertz CT molecular complexity index is 1240. The lowest BCUT2D eigenvalue weighted by atomic mass is 10.2. The SMILES string of the molecule is CCC(Sc1ncc(S(=O)(=O)c2ccc(Cl)cc2)c(=O)[nH]1)C(=O)Nc1ccc(C)cc1. The molecule has 7 nitrogen and oxygen atoms in total. The number of aromatic amines is 1. The van der Waals surface area contributed by atoms with Crippen LogP contribution in [0.4, 0.5) is 5.69 Å². The highest BCUT2D eigenvalue weighted by atomic mass is 35.5. The molecule has 31 heavy (non-hydrogen) atoms. The van der Waals surface area contributed by atoms with Gasteiger partial charge in [0.25, 0.3) is 5.56 Å². The third-order valence-electron chi connectivity index (χ3n) is 4.39. The summed E-state index contributed by atoms with van der Waals surface area (Å²) in [7, 11) is -4.05. The van der Waals surface area contributed by atoms with E-state index in [9.17, 15) is 18.0 Å². The summed E-state index contributed by atoms with van der Waals surface area (Å²) in [6.07, 6.45) is 1.49. The van der Waals surface area contributed by atoms with E-state index in [4.69, 9.17) is 11.6 Å². The van der Waals surface area contributed by atoms with Gasteiger partial charge in [-0.05, 0) is 49.7 Å². The number of amides is 1. The average Bonchev–Trinajstić information content (AvgIpc) is 2.73. The topological polar surface area (TPSA) is 109 Å². The van der Waals surface area contributed by atoms with Gasteiger partial charge in [0.15, 0.2) is 10.1 Å². The number of carbonyl (C=O) groups excluding carboxylic acids is 1. The largest absolute Gasteiger partial charge is 0.325 e. The van der Waals surface area contributed by atoms with E-state index in [0.29, 0.717) is 17.1 Å². The second kappa shape index (κ2) is 9.67. The lowest BCUT2D eigenvalue weighted by Crippen LogP contribution is -2.26. The molecule has 0 aliphatic rings. The molecule has 1 unspecified atom stereocenters. The Kier molecular flexibility index (Phi) is 7.19. The molecule has 1 aromatic heterocycles. The van der Waals surface area contributed by atoms with Gasteiger partial charge in [-0.25, -0.2) is 13.4 Å². The minimum atomic E-state index is -4.05. The fourth-order valence-electron chi connectivity index (χ4n) is 2.68. The van der Waals surface area contributed by atoms with Crippen LogP contribution in [0.1, 0.15) is 18.9 Å². The Hall–Kier alpha value is -2.62. The molecule has 0 radical (unpaired) electrons. The first-order valence-corrected chi connectivity index (χ1v) is 12.1. The Balaban J connectivity index is 1.78. The summed E-state index contributed by atoms with van der Waals surface area (Å²) in [6, 6.07) is 12.9. The smallest absolute Gasteiger partial charge is 0.270 e. The Labute approximate surface area is 189 Å². The van der Waals surface area contributed by atoms with E-state index in [1.54, 1.807) is 12.1 Å². The zero-order valence-corrected chi connectivity index (χ0v) is 19.1. The number of benzene rings is 2. The molecular weight excluding hydrogens is 458 g/mol. The Morgan fingerprint density at radius 3 is 2.39 bits per heavy atom. The number of rotatable bonds is 7. The van der Waals surface area contributed by atoms with Crippen molar-refractivity contribution in [3.8, 4) is 0 Å². The lowest BCUT2D eigenvalue weighted by molar-refractivity contribution is -0.115. The molecule has 0 aliphatic heterocycles. The molecule has 1 heterocycles. The Morgan fingerprint density at radius 2 is 1.81 bits per heavy atom. The van der Waals surface area contributed by atoms with Crippen LogP contribution in [0.2, 0.25) is 5.02 Å². The van der Waals surface area contributed by atoms with Gasteiger partial charge in [-0.15, -0.1) is 0 Å². The van der Waals surface area contributed by atoms with Crippen molar-refractivity contribution >= 4 is 44.8 Å². The summed E-state index contributed by atoms with van der Waals surface area (Å²) in [4.78, 5) is 31.1. The number of hydrogen-bond acceptors (Lipinski definition) is 6. The van der Waals surface area contributed by atoms with Gasteiger partial charge >= 0.3 is 0 Å². The third-order valence-corrected chi connectivity index (χ3v) is 7.67. The summed E-state index contributed by atoms with van der Waals surface area (Å²) in [5.41, 5.74) is 0.941. The van der Waals surface area contributed by atoms with Gasteiger partial charge in [0, 0.05) is 10.7 Å². The molecule has 2 N–H and O–H groups in total. The molecule has 0 aliphatic carbocycles. The molecule has 162 valence electrons. The number of anilines is 1. The molecule has 0 saturated carbocycles. The first kappa shape index (κ1) is 23.1. The van der Waals surface area contributed by atoms with Gasteiger partial charge in [0.05, 0.1) is 16.3 Å². The van der Waals surface area contributed by atoms with Crippen LogP contribution in [0.15, 0.2) is 74.5 Å². The van der Waals surface area contributed by atoms with E-state index in [2.05, 4.69) is 15.3 Å². The zero-order valence-electron chi connectivity index (χ0n) is 16.8. The average molecular weight is 478 g/mol. The maximum atomic E-state index is 12.7. The van der Waals surface area contributed by atoms with Crippen molar-refractivity contribution in [2.24, 2.45) is 0 Å². The van der Waals surface area contributed by atoms with Crippen LogP contribution >= 0.6 is 23.4 Å². The summed E-state index contributed by atoms with van der Waals surface area (Å²) in [5.74, 6) is -0.239. The summed E-state index contributed by atoms with van der Waals surface area (Å²) in [6.45, 7) is 3.79. The van der Waals surface area contributed by atoms with Crippen molar-refractivity contribution in [2.75, 3.05) is 5.32 Å². The quantitative estimate of drug-likeness (QED) is 0.392.